The van der Waals surface area contributed by atoms with Gasteiger partial charge in [0.2, 0.25) is 5.91 Å². The van der Waals surface area contributed by atoms with Crippen LogP contribution in [0.1, 0.15) is 11.5 Å². The van der Waals surface area contributed by atoms with Crippen molar-refractivity contribution in [3.63, 3.8) is 0 Å². The fourth-order valence-corrected chi connectivity index (χ4v) is 3.21. The molecule has 0 saturated heterocycles. The van der Waals surface area contributed by atoms with E-state index in [1.54, 1.807) is 32.4 Å². The van der Waals surface area contributed by atoms with Crippen molar-refractivity contribution in [3.8, 4) is 11.5 Å². The lowest BCUT2D eigenvalue weighted by molar-refractivity contribution is -0.122. The zero-order valence-corrected chi connectivity index (χ0v) is 16.2. The zero-order valence-electron chi connectivity index (χ0n) is 16.2. The molecule has 4 rings (SSSR count). The van der Waals surface area contributed by atoms with E-state index in [9.17, 15) is 9.59 Å². The molecular formula is C20H20N4O5. The van der Waals surface area contributed by atoms with Gasteiger partial charge in [-0.15, -0.1) is 0 Å². The second-order valence-electron chi connectivity index (χ2n) is 6.57. The normalized spacial score (nSPS) is 11.1. The van der Waals surface area contributed by atoms with Crippen LogP contribution in [-0.4, -0.2) is 34.7 Å². The van der Waals surface area contributed by atoms with Crippen molar-refractivity contribution in [2.24, 2.45) is 0 Å². The van der Waals surface area contributed by atoms with E-state index in [2.05, 4.69) is 15.3 Å². The molecule has 1 aromatic carbocycles. The lowest BCUT2D eigenvalue weighted by Crippen LogP contribution is -2.32. The van der Waals surface area contributed by atoms with Gasteiger partial charge >= 0.3 is 0 Å². The van der Waals surface area contributed by atoms with Gasteiger partial charge in [0.25, 0.3) is 5.56 Å². The molecule has 1 amide bonds. The van der Waals surface area contributed by atoms with Crippen LogP contribution in [0.5, 0.6) is 11.5 Å². The first kappa shape index (κ1) is 18.6. The van der Waals surface area contributed by atoms with E-state index in [-0.39, 0.29) is 24.6 Å². The Kier molecular flexibility index (Phi) is 4.71. The summed E-state index contributed by atoms with van der Waals surface area (Å²) in [4.78, 5) is 32.5. The summed E-state index contributed by atoms with van der Waals surface area (Å²) in [5, 5.41) is 3.47. The molecule has 0 aliphatic rings. The number of aryl methyl sites for hydroxylation is 1. The summed E-state index contributed by atoms with van der Waals surface area (Å²) in [5.41, 5.74) is 1.17. The first-order valence-corrected chi connectivity index (χ1v) is 8.95. The first-order chi connectivity index (χ1) is 14.0. The molecule has 0 aliphatic carbocycles. The Labute approximate surface area is 165 Å². The highest BCUT2D eigenvalue weighted by atomic mass is 16.5. The molecule has 9 heteroatoms. The molecule has 0 atom stereocenters. The first-order valence-electron chi connectivity index (χ1n) is 8.95. The molecular weight excluding hydrogens is 376 g/mol. The van der Waals surface area contributed by atoms with Gasteiger partial charge in [0, 0.05) is 11.5 Å². The second kappa shape index (κ2) is 7.34. The van der Waals surface area contributed by atoms with E-state index in [1.807, 2.05) is 13.0 Å². The Hall–Kier alpha value is -3.75. The minimum atomic E-state index is -0.340. The van der Waals surface area contributed by atoms with E-state index in [1.165, 1.54) is 10.9 Å². The van der Waals surface area contributed by atoms with Crippen LogP contribution < -0.4 is 20.3 Å². The summed E-state index contributed by atoms with van der Waals surface area (Å²) in [6.45, 7) is 1.93. The molecule has 3 aromatic heterocycles. The van der Waals surface area contributed by atoms with E-state index in [0.29, 0.717) is 33.8 Å². The number of nitrogens with zero attached hydrogens (tertiary/aromatic N) is 2. The molecule has 29 heavy (non-hydrogen) atoms. The number of aromatic nitrogens is 3. The summed E-state index contributed by atoms with van der Waals surface area (Å²) < 4.78 is 17.3. The van der Waals surface area contributed by atoms with Crippen LogP contribution in [0.2, 0.25) is 0 Å². The Bertz CT molecular complexity index is 1270. The average molecular weight is 396 g/mol. The number of rotatable bonds is 6. The summed E-state index contributed by atoms with van der Waals surface area (Å²) in [6.07, 6.45) is 1.37. The Morgan fingerprint density at radius 2 is 2.00 bits per heavy atom. The molecule has 0 fully saturated rings. The number of hydrogen-bond acceptors (Lipinski definition) is 6. The maximum atomic E-state index is 12.9. The van der Waals surface area contributed by atoms with Crippen LogP contribution >= 0.6 is 0 Å². The maximum Gasteiger partial charge on any atom is 0.278 e. The standard InChI is InChI=1S/C20H20N4O5/c1-11-4-5-12(29-11)8-21-17(25)9-24-10-22-18-13-6-15(27-2)16(28-3)7-14(13)23-19(18)20(24)26/h4-7,10,23H,8-9H2,1-3H3,(H,21,25). The third-order valence-electron chi connectivity index (χ3n) is 4.65. The number of fused-ring (bicyclic) bond motifs is 3. The summed E-state index contributed by atoms with van der Waals surface area (Å²) >= 11 is 0. The third-order valence-corrected chi connectivity index (χ3v) is 4.65. The van der Waals surface area contributed by atoms with E-state index in [0.717, 1.165) is 11.1 Å². The smallest absolute Gasteiger partial charge is 0.278 e. The fourth-order valence-electron chi connectivity index (χ4n) is 3.21. The summed E-state index contributed by atoms with van der Waals surface area (Å²) in [5.74, 6) is 2.18. The molecule has 4 aromatic rings. The van der Waals surface area contributed by atoms with Crippen molar-refractivity contribution in [3.05, 3.63) is 52.5 Å². The van der Waals surface area contributed by atoms with Gasteiger partial charge in [0.15, 0.2) is 11.5 Å². The molecule has 2 N–H and O–H groups in total. The highest BCUT2D eigenvalue weighted by Crippen LogP contribution is 2.34. The van der Waals surface area contributed by atoms with Gasteiger partial charge in [-0.3, -0.25) is 14.2 Å². The molecule has 150 valence electrons. The SMILES string of the molecule is COc1cc2[nH]c3c(=O)n(CC(=O)NCc4ccc(C)o4)cnc3c2cc1OC. The van der Waals surface area contributed by atoms with Crippen LogP contribution in [-0.2, 0) is 17.9 Å². The van der Waals surface area contributed by atoms with Gasteiger partial charge in [-0.05, 0) is 25.1 Å². The quantitative estimate of drug-likeness (QED) is 0.516. The highest BCUT2D eigenvalue weighted by molar-refractivity contribution is 6.05. The number of hydrogen-bond donors (Lipinski definition) is 2. The predicted molar refractivity (Wildman–Crippen MR) is 106 cm³/mol. The van der Waals surface area contributed by atoms with E-state index >= 15 is 0 Å². The Balaban J connectivity index is 1.62. The van der Waals surface area contributed by atoms with Crippen LogP contribution in [0.25, 0.3) is 21.9 Å². The summed E-state index contributed by atoms with van der Waals surface area (Å²) in [7, 11) is 3.09. The molecule has 0 spiro atoms. The van der Waals surface area contributed by atoms with E-state index < -0.39 is 0 Å². The number of methoxy groups -OCH3 is 2. The van der Waals surface area contributed by atoms with Gasteiger partial charge < -0.3 is 24.2 Å². The number of carbonyl (C=O) groups excluding carboxylic acids is 1. The maximum absolute atomic E-state index is 12.9. The molecule has 0 aliphatic heterocycles. The number of furan rings is 1. The van der Waals surface area contributed by atoms with Gasteiger partial charge in [0.05, 0.1) is 32.6 Å². The van der Waals surface area contributed by atoms with Crippen molar-refractivity contribution >= 4 is 27.8 Å². The lowest BCUT2D eigenvalue weighted by atomic mass is 10.2. The fraction of sp³-hybridized carbons (Fsp3) is 0.250. The number of H-pyrrole nitrogens is 1. The molecule has 0 bridgehead atoms. The molecule has 0 radical (unpaired) electrons. The summed E-state index contributed by atoms with van der Waals surface area (Å²) in [6, 6.07) is 7.13. The molecule has 0 saturated carbocycles. The highest BCUT2D eigenvalue weighted by Gasteiger charge is 2.16. The Morgan fingerprint density at radius 3 is 2.69 bits per heavy atom. The largest absolute Gasteiger partial charge is 0.493 e. The zero-order chi connectivity index (χ0) is 20.5. The topological polar surface area (TPSA) is 111 Å². The van der Waals surface area contributed by atoms with Crippen LogP contribution in [0, 0.1) is 6.92 Å². The van der Waals surface area contributed by atoms with Crippen molar-refractivity contribution in [1.82, 2.24) is 19.9 Å². The lowest BCUT2D eigenvalue weighted by Gasteiger charge is -2.07. The van der Waals surface area contributed by atoms with Gasteiger partial charge in [-0.2, -0.15) is 0 Å². The van der Waals surface area contributed by atoms with Gasteiger partial charge in [-0.1, -0.05) is 0 Å². The Morgan fingerprint density at radius 1 is 1.24 bits per heavy atom. The van der Waals surface area contributed by atoms with Crippen molar-refractivity contribution in [2.45, 2.75) is 20.0 Å². The number of benzene rings is 1. The number of nitrogens with one attached hydrogen (secondary N) is 2. The van der Waals surface area contributed by atoms with Crippen molar-refractivity contribution < 1.29 is 18.7 Å². The van der Waals surface area contributed by atoms with Gasteiger partial charge in [-0.25, -0.2) is 4.98 Å². The van der Waals surface area contributed by atoms with Crippen molar-refractivity contribution in [2.75, 3.05) is 14.2 Å². The second-order valence-corrected chi connectivity index (χ2v) is 6.57. The molecule has 0 unspecified atom stereocenters. The van der Waals surface area contributed by atoms with E-state index in [4.69, 9.17) is 13.9 Å². The average Bonchev–Trinajstić information content (AvgIpc) is 3.30. The van der Waals surface area contributed by atoms with Gasteiger partial charge in [0.1, 0.15) is 29.1 Å². The monoisotopic (exact) mass is 396 g/mol. The third kappa shape index (κ3) is 3.42. The number of ether oxygens (including phenoxy) is 2. The minimum absolute atomic E-state index is 0.149. The van der Waals surface area contributed by atoms with Crippen LogP contribution in [0.4, 0.5) is 0 Å². The van der Waals surface area contributed by atoms with Crippen LogP contribution in [0.3, 0.4) is 0 Å². The minimum Gasteiger partial charge on any atom is -0.493 e. The number of carbonyl (C=O) groups is 1. The molecule has 9 nitrogen and oxygen atoms in total. The number of amides is 1. The number of aromatic amines is 1. The predicted octanol–water partition coefficient (Wildman–Crippen LogP) is 2.11. The molecule has 3 heterocycles. The van der Waals surface area contributed by atoms with Crippen molar-refractivity contribution in [1.29, 1.82) is 0 Å². The van der Waals surface area contributed by atoms with Crippen LogP contribution in [0.15, 0.2) is 39.8 Å².